The number of hydrogen-bond acceptors (Lipinski definition) is 4. The molecule has 1 aromatic carbocycles. The molecule has 2 amide bonds. The topological polar surface area (TPSA) is 72.5 Å². The number of carbonyl (C=O) groups is 1. The molecule has 1 aliphatic rings. The number of halogens is 4. The van der Waals surface area contributed by atoms with E-state index in [0.29, 0.717) is 25.0 Å². The lowest BCUT2D eigenvalue weighted by Crippen LogP contribution is -2.44. The summed E-state index contributed by atoms with van der Waals surface area (Å²) in [6.07, 6.45) is -2.20. The standard InChI is InChI=1S/C20H21F4N3O3.C2H6/c21-15-3-1-14(2-4-15)17-10-16(6-8-29-17)27-19(28)26-11-13-5-7-25-18(9-13)30-12-20(22,23)24;1-2/h1-5,7,9,16-17H,6,8,10-12H2,(H2,26,27,28);1-2H3. The molecule has 0 spiro atoms. The van der Waals surface area contributed by atoms with Gasteiger partial charge in [0, 0.05) is 31.5 Å². The quantitative estimate of drug-likeness (QED) is 0.605. The van der Waals surface area contributed by atoms with Crippen LogP contribution in [0, 0.1) is 5.82 Å². The second kappa shape index (κ2) is 12.2. The van der Waals surface area contributed by atoms with Crippen LogP contribution in [0.5, 0.6) is 5.88 Å². The van der Waals surface area contributed by atoms with Crippen molar-refractivity contribution in [2.75, 3.05) is 13.2 Å². The van der Waals surface area contributed by atoms with E-state index in [0.717, 1.165) is 5.56 Å². The molecule has 2 atom stereocenters. The van der Waals surface area contributed by atoms with Crippen molar-refractivity contribution in [3.63, 3.8) is 0 Å². The van der Waals surface area contributed by atoms with Crippen LogP contribution in [0.4, 0.5) is 22.4 Å². The molecule has 6 nitrogen and oxygen atoms in total. The summed E-state index contributed by atoms with van der Waals surface area (Å²) < 4.78 is 60.1. The van der Waals surface area contributed by atoms with E-state index in [2.05, 4.69) is 20.4 Å². The Hall–Kier alpha value is -2.88. The van der Waals surface area contributed by atoms with E-state index in [9.17, 15) is 22.4 Å². The van der Waals surface area contributed by atoms with Crippen molar-refractivity contribution in [3.8, 4) is 5.88 Å². The normalized spacial score (nSPS) is 18.2. The molecule has 0 bridgehead atoms. The number of carbonyl (C=O) groups excluding carboxylic acids is 1. The molecular weight excluding hydrogens is 430 g/mol. The molecule has 1 aromatic heterocycles. The maximum atomic E-state index is 13.1. The monoisotopic (exact) mass is 457 g/mol. The first-order chi connectivity index (χ1) is 15.3. The smallest absolute Gasteiger partial charge is 0.422 e. The molecule has 0 saturated carbocycles. The van der Waals surface area contributed by atoms with Gasteiger partial charge in [-0.1, -0.05) is 26.0 Å². The number of rotatable bonds is 6. The second-order valence-corrected chi connectivity index (χ2v) is 6.87. The van der Waals surface area contributed by atoms with Crippen LogP contribution >= 0.6 is 0 Å². The Kier molecular flexibility index (Phi) is 9.70. The predicted molar refractivity (Wildman–Crippen MR) is 111 cm³/mol. The lowest BCUT2D eigenvalue weighted by atomic mass is 9.97. The minimum absolute atomic E-state index is 0.0986. The molecule has 2 N–H and O–H groups in total. The molecule has 1 fully saturated rings. The third-order valence-electron chi connectivity index (χ3n) is 4.50. The van der Waals surface area contributed by atoms with E-state index in [1.54, 1.807) is 18.2 Å². The van der Waals surface area contributed by atoms with Gasteiger partial charge in [-0.05, 0) is 42.2 Å². The van der Waals surface area contributed by atoms with E-state index in [-0.39, 0.29) is 30.4 Å². The minimum Gasteiger partial charge on any atom is -0.468 e. The average molecular weight is 457 g/mol. The van der Waals surface area contributed by atoms with Gasteiger partial charge in [0.1, 0.15) is 5.82 Å². The van der Waals surface area contributed by atoms with Crippen LogP contribution in [-0.2, 0) is 11.3 Å². The third kappa shape index (κ3) is 8.70. The van der Waals surface area contributed by atoms with E-state index >= 15 is 0 Å². The van der Waals surface area contributed by atoms with E-state index in [4.69, 9.17) is 4.74 Å². The minimum atomic E-state index is -4.45. The number of ether oxygens (including phenoxy) is 2. The van der Waals surface area contributed by atoms with Crippen molar-refractivity contribution in [3.05, 3.63) is 59.5 Å². The number of nitrogens with one attached hydrogen (secondary N) is 2. The highest BCUT2D eigenvalue weighted by molar-refractivity contribution is 5.74. The highest BCUT2D eigenvalue weighted by Crippen LogP contribution is 2.28. The summed E-state index contributed by atoms with van der Waals surface area (Å²) in [7, 11) is 0. The number of nitrogens with zero attached hydrogens (tertiary/aromatic N) is 1. The fraction of sp³-hybridized carbons (Fsp3) is 0.455. The van der Waals surface area contributed by atoms with Crippen LogP contribution in [-0.4, -0.2) is 36.4 Å². The van der Waals surface area contributed by atoms with Gasteiger partial charge in [-0.15, -0.1) is 0 Å². The fourth-order valence-corrected chi connectivity index (χ4v) is 3.05. The Labute approximate surface area is 184 Å². The van der Waals surface area contributed by atoms with Gasteiger partial charge in [0.05, 0.1) is 6.10 Å². The maximum Gasteiger partial charge on any atom is 0.422 e. The molecule has 0 aliphatic carbocycles. The van der Waals surface area contributed by atoms with Gasteiger partial charge in [-0.2, -0.15) is 13.2 Å². The Morgan fingerprint density at radius 1 is 1.22 bits per heavy atom. The zero-order chi connectivity index (χ0) is 23.6. The van der Waals surface area contributed by atoms with E-state index in [1.807, 2.05) is 13.8 Å². The maximum absolute atomic E-state index is 13.1. The molecular formula is C22H27F4N3O3. The largest absolute Gasteiger partial charge is 0.468 e. The first-order valence-electron chi connectivity index (χ1n) is 10.3. The molecule has 0 radical (unpaired) electrons. The van der Waals surface area contributed by atoms with Crippen molar-refractivity contribution >= 4 is 6.03 Å². The summed E-state index contributed by atoms with van der Waals surface area (Å²) in [6.45, 7) is 3.12. The summed E-state index contributed by atoms with van der Waals surface area (Å²) >= 11 is 0. The van der Waals surface area contributed by atoms with Crippen molar-refractivity contribution < 1.29 is 31.8 Å². The molecule has 3 rings (SSSR count). The molecule has 10 heteroatoms. The van der Waals surface area contributed by atoms with E-state index in [1.165, 1.54) is 24.4 Å². The highest BCUT2D eigenvalue weighted by atomic mass is 19.4. The van der Waals surface area contributed by atoms with Crippen LogP contribution in [0.25, 0.3) is 0 Å². The molecule has 1 aliphatic heterocycles. The first-order valence-corrected chi connectivity index (χ1v) is 10.3. The molecule has 176 valence electrons. The van der Waals surface area contributed by atoms with Gasteiger partial charge in [-0.3, -0.25) is 0 Å². The Bertz CT molecular complexity index is 847. The number of hydrogen-bond donors (Lipinski definition) is 2. The van der Waals surface area contributed by atoms with E-state index < -0.39 is 18.8 Å². The number of amides is 2. The lowest BCUT2D eigenvalue weighted by molar-refractivity contribution is -0.154. The summed E-state index contributed by atoms with van der Waals surface area (Å²) in [4.78, 5) is 15.9. The van der Waals surface area contributed by atoms with Crippen molar-refractivity contribution in [2.45, 2.75) is 51.6 Å². The average Bonchev–Trinajstić information content (AvgIpc) is 2.78. The zero-order valence-electron chi connectivity index (χ0n) is 17.9. The number of alkyl halides is 3. The number of aromatic nitrogens is 1. The summed E-state index contributed by atoms with van der Waals surface area (Å²) in [5, 5.41) is 5.52. The van der Waals surface area contributed by atoms with Crippen LogP contribution in [0.3, 0.4) is 0 Å². The van der Waals surface area contributed by atoms with Gasteiger partial charge in [-0.25, -0.2) is 14.2 Å². The van der Waals surface area contributed by atoms with Gasteiger partial charge in [0.25, 0.3) is 0 Å². The zero-order valence-corrected chi connectivity index (χ0v) is 17.9. The van der Waals surface area contributed by atoms with Crippen LogP contribution < -0.4 is 15.4 Å². The van der Waals surface area contributed by atoms with Gasteiger partial charge in [0.15, 0.2) is 6.61 Å². The molecule has 32 heavy (non-hydrogen) atoms. The number of urea groups is 1. The number of benzene rings is 1. The Balaban J connectivity index is 0.00000176. The highest BCUT2D eigenvalue weighted by Gasteiger charge is 2.28. The van der Waals surface area contributed by atoms with Crippen LogP contribution in [0.2, 0.25) is 0 Å². The van der Waals surface area contributed by atoms with Gasteiger partial charge in [0.2, 0.25) is 5.88 Å². The van der Waals surface area contributed by atoms with Crippen molar-refractivity contribution in [1.29, 1.82) is 0 Å². The summed E-state index contributed by atoms with van der Waals surface area (Å²) in [5.74, 6) is -0.495. The molecule has 2 aromatic rings. The summed E-state index contributed by atoms with van der Waals surface area (Å²) in [6, 6.07) is 8.42. The predicted octanol–water partition coefficient (Wildman–Crippen LogP) is 4.91. The Morgan fingerprint density at radius 2 is 1.94 bits per heavy atom. The number of pyridine rings is 1. The first kappa shape index (κ1) is 25.4. The Morgan fingerprint density at radius 3 is 2.62 bits per heavy atom. The molecule has 2 unspecified atom stereocenters. The molecule has 1 saturated heterocycles. The van der Waals surface area contributed by atoms with Crippen molar-refractivity contribution in [2.24, 2.45) is 0 Å². The third-order valence-corrected chi connectivity index (χ3v) is 4.50. The molecule has 2 heterocycles. The van der Waals surface area contributed by atoms with Crippen molar-refractivity contribution in [1.82, 2.24) is 15.6 Å². The van der Waals surface area contributed by atoms with Gasteiger partial charge >= 0.3 is 12.2 Å². The summed E-state index contributed by atoms with van der Waals surface area (Å²) in [5.41, 5.74) is 1.39. The van der Waals surface area contributed by atoms with Crippen LogP contribution in [0.1, 0.15) is 43.9 Å². The van der Waals surface area contributed by atoms with Gasteiger partial charge < -0.3 is 20.1 Å². The SMILES string of the molecule is CC.O=C(NCc1ccnc(OCC(F)(F)F)c1)NC1CCOC(c2ccc(F)cc2)C1. The van der Waals surface area contributed by atoms with Crippen LogP contribution in [0.15, 0.2) is 42.6 Å². The second-order valence-electron chi connectivity index (χ2n) is 6.87. The lowest BCUT2D eigenvalue weighted by Gasteiger charge is -2.30. The fourth-order valence-electron chi connectivity index (χ4n) is 3.05.